The second kappa shape index (κ2) is 3.93. The molecular weight excluding hydrogens is 224 g/mol. The van der Waals surface area contributed by atoms with E-state index in [0.717, 1.165) is 12.8 Å². The van der Waals surface area contributed by atoms with E-state index in [1.54, 1.807) is 0 Å². The van der Waals surface area contributed by atoms with Crippen molar-refractivity contribution in [3.8, 4) is 0 Å². The van der Waals surface area contributed by atoms with E-state index in [2.05, 4.69) is 58.4 Å². The maximum absolute atomic E-state index is 3.50. The molecule has 0 fully saturated rings. The molecule has 1 aromatic carbocycles. The molecule has 66 valence electrons. The zero-order valence-corrected chi connectivity index (χ0v) is 8.92. The van der Waals surface area contributed by atoms with Gasteiger partial charge in [-0.15, -0.1) is 0 Å². The minimum absolute atomic E-state index is 1.13. The highest BCUT2D eigenvalue weighted by Gasteiger charge is 2.05. The number of hydrogen-bond acceptors (Lipinski definition) is 0. The van der Waals surface area contributed by atoms with Gasteiger partial charge in [0.15, 0.2) is 0 Å². The maximum atomic E-state index is 3.50. The molecule has 0 nitrogen and oxygen atoms in total. The Morgan fingerprint density at radius 3 is 2.31 bits per heavy atom. The highest BCUT2D eigenvalue weighted by atomic mass is 79.9. The number of hydrogen-bond donors (Lipinski definition) is 0. The van der Waals surface area contributed by atoms with Gasteiger partial charge in [0.2, 0.25) is 0 Å². The molecule has 0 radical (unpaired) electrons. The molecule has 1 heteroatoms. The van der Waals surface area contributed by atoms with Gasteiger partial charge in [0.05, 0.1) is 0 Å². The quantitative estimate of drug-likeness (QED) is 0.686. The van der Waals surface area contributed by atoms with Gasteiger partial charge < -0.3 is 0 Å². The molecule has 1 aliphatic carbocycles. The molecule has 0 aromatic heterocycles. The first-order valence-corrected chi connectivity index (χ1v) is 5.26. The molecule has 0 heterocycles. The number of benzene rings is 1. The third-order valence-corrected chi connectivity index (χ3v) is 2.90. The third kappa shape index (κ3) is 2.10. The van der Waals surface area contributed by atoms with E-state index < -0.39 is 0 Å². The Kier molecular flexibility index (Phi) is 2.65. The monoisotopic (exact) mass is 234 g/mol. The molecule has 0 atom stereocenters. The average molecular weight is 235 g/mol. The lowest BCUT2D eigenvalue weighted by atomic mass is 9.98. The van der Waals surface area contributed by atoms with E-state index >= 15 is 0 Å². The van der Waals surface area contributed by atoms with Gasteiger partial charge >= 0.3 is 0 Å². The van der Waals surface area contributed by atoms with E-state index in [9.17, 15) is 0 Å². The molecule has 0 bridgehead atoms. The summed E-state index contributed by atoms with van der Waals surface area (Å²) in [6, 6.07) is 10.6. The topological polar surface area (TPSA) is 0 Å². The molecule has 0 N–H and O–H groups in total. The van der Waals surface area contributed by atoms with Crippen LogP contribution in [0.3, 0.4) is 0 Å². The van der Waals surface area contributed by atoms with E-state index in [-0.39, 0.29) is 0 Å². The molecule has 0 saturated heterocycles. The van der Waals surface area contributed by atoms with Gasteiger partial charge in [0, 0.05) is 0 Å². The molecule has 1 aliphatic rings. The van der Waals surface area contributed by atoms with E-state index in [1.165, 1.54) is 15.6 Å². The lowest BCUT2D eigenvalue weighted by molar-refractivity contribution is 1.04. The lowest BCUT2D eigenvalue weighted by Gasteiger charge is -2.10. The summed E-state index contributed by atoms with van der Waals surface area (Å²) in [5.74, 6) is 0. The standard InChI is InChI=1S/C12H11Br/c13-12-8-6-11(7-9-12)10-4-2-1-3-5-10/h1-6,8H,7,9H2. The van der Waals surface area contributed by atoms with E-state index in [0.29, 0.717) is 0 Å². The maximum Gasteiger partial charge on any atom is -0.00460 e. The van der Waals surface area contributed by atoms with Crippen LogP contribution < -0.4 is 0 Å². The fourth-order valence-electron chi connectivity index (χ4n) is 1.50. The molecule has 0 aliphatic heterocycles. The Labute approximate surface area is 87.1 Å². The van der Waals surface area contributed by atoms with Crippen molar-refractivity contribution in [2.45, 2.75) is 12.8 Å². The largest absolute Gasteiger partial charge is 0.0622 e. The van der Waals surface area contributed by atoms with Crippen molar-refractivity contribution >= 4 is 21.5 Å². The zero-order valence-electron chi connectivity index (χ0n) is 7.33. The van der Waals surface area contributed by atoms with Crippen LogP contribution in [0.15, 0.2) is 47.0 Å². The highest BCUT2D eigenvalue weighted by Crippen LogP contribution is 2.28. The predicted molar refractivity (Wildman–Crippen MR) is 60.7 cm³/mol. The Morgan fingerprint density at radius 1 is 0.923 bits per heavy atom. The van der Waals surface area contributed by atoms with Gasteiger partial charge in [-0.25, -0.2) is 0 Å². The van der Waals surface area contributed by atoms with Crippen molar-refractivity contribution in [3.05, 3.63) is 52.5 Å². The first-order valence-electron chi connectivity index (χ1n) is 4.47. The number of halogens is 1. The van der Waals surface area contributed by atoms with Crippen LogP contribution >= 0.6 is 15.9 Å². The molecule has 1 aromatic rings. The van der Waals surface area contributed by atoms with Crippen LogP contribution in [-0.2, 0) is 0 Å². The molecule has 0 amide bonds. The van der Waals surface area contributed by atoms with Crippen LogP contribution in [0, 0.1) is 0 Å². The Hall–Kier alpha value is -0.820. The summed E-state index contributed by atoms with van der Waals surface area (Å²) < 4.78 is 1.30. The summed E-state index contributed by atoms with van der Waals surface area (Å²) in [7, 11) is 0. The van der Waals surface area contributed by atoms with Gasteiger partial charge in [-0.1, -0.05) is 58.4 Å². The molecule has 0 saturated carbocycles. The average Bonchev–Trinajstić information content (AvgIpc) is 2.20. The summed E-state index contributed by atoms with van der Waals surface area (Å²) in [4.78, 5) is 0. The number of allylic oxidation sites excluding steroid dienone is 4. The van der Waals surface area contributed by atoms with Gasteiger partial charge in [0.25, 0.3) is 0 Å². The fraction of sp³-hybridized carbons (Fsp3) is 0.167. The second-order valence-corrected chi connectivity index (χ2v) is 4.19. The van der Waals surface area contributed by atoms with Gasteiger partial charge in [0.1, 0.15) is 0 Å². The van der Waals surface area contributed by atoms with Crippen LogP contribution in [-0.4, -0.2) is 0 Å². The van der Waals surface area contributed by atoms with Gasteiger partial charge in [-0.05, 0) is 28.5 Å². The van der Waals surface area contributed by atoms with Crippen LogP contribution in [0.25, 0.3) is 5.57 Å². The van der Waals surface area contributed by atoms with Crippen LogP contribution in [0.1, 0.15) is 18.4 Å². The van der Waals surface area contributed by atoms with Crippen molar-refractivity contribution in [3.63, 3.8) is 0 Å². The molecule has 13 heavy (non-hydrogen) atoms. The zero-order chi connectivity index (χ0) is 9.10. The van der Waals surface area contributed by atoms with Gasteiger partial charge in [-0.2, -0.15) is 0 Å². The van der Waals surface area contributed by atoms with Crippen molar-refractivity contribution < 1.29 is 0 Å². The molecule has 0 spiro atoms. The molecule has 0 unspecified atom stereocenters. The van der Waals surface area contributed by atoms with Crippen LogP contribution in [0.4, 0.5) is 0 Å². The fourth-order valence-corrected chi connectivity index (χ4v) is 1.83. The summed E-state index contributed by atoms with van der Waals surface area (Å²) in [6.45, 7) is 0. The Morgan fingerprint density at radius 2 is 1.69 bits per heavy atom. The lowest BCUT2D eigenvalue weighted by Crippen LogP contribution is -1.89. The first kappa shape index (κ1) is 8.76. The summed E-state index contributed by atoms with van der Waals surface area (Å²) >= 11 is 3.50. The summed E-state index contributed by atoms with van der Waals surface area (Å²) in [5, 5.41) is 0. The van der Waals surface area contributed by atoms with E-state index in [1.807, 2.05) is 0 Å². The summed E-state index contributed by atoms with van der Waals surface area (Å²) in [6.07, 6.45) is 6.61. The molecule has 2 rings (SSSR count). The van der Waals surface area contributed by atoms with E-state index in [4.69, 9.17) is 0 Å². The third-order valence-electron chi connectivity index (χ3n) is 2.24. The normalized spacial score (nSPS) is 16.4. The minimum Gasteiger partial charge on any atom is -0.0622 e. The van der Waals surface area contributed by atoms with Crippen LogP contribution in [0.2, 0.25) is 0 Å². The second-order valence-electron chi connectivity index (χ2n) is 3.17. The van der Waals surface area contributed by atoms with Crippen molar-refractivity contribution in [2.24, 2.45) is 0 Å². The Bertz CT molecular complexity index is 347. The first-order chi connectivity index (χ1) is 6.36. The Balaban J connectivity index is 2.29. The molecular formula is C12H11Br. The van der Waals surface area contributed by atoms with Crippen molar-refractivity contribution in [1.29, 1.82) is 0 Å². The highest BCUT2D eigenvalue weighted by molar-refractivity contribution is 9.11. The SMILES string of the molecule is BrC1=CC=C(c2ccccc2)CC1. The van der Waals surface area contributed by atoms with Crippen molar-refractivity contribution in [1.82, 2.24) is 0 Å². The predicted octanol–water partition coefficient (Wildman–Crippen LogP) is 4.14. The van der Waals surface area contributed by atoms with Crippen LogP contribution in [0.5, 0.6) is 0 Å². The minimum atomic E-state index is 1.13. The van der Waals surface area contributed by atoms with Crippen molar-refractivity contribution in [2.75, 3.05) is 0 Å². The summed E-state index contributed by atoms with van der Waals surface area (Å²) in [5.41, 5.74) is 2.78. The van der Waals surface area contributed by atoms with Gasteiger partial charge in [-0.3, -0.25) is 0 Å². The smallest absolute Gasteiger partial charge is 0.00460 e. The number of rotatable bonds is 1.